The van der Waals surface area contributed by atoms with E-state index >= 15 is 0 Å². The molecule has 2 rings (SSSR count). The second-order valence-electron chi connectivity index (χ2n) is 7.62. The van der Waals surface area contributed by atoms with Crippen LogP contribution in [-0.2, 0) is 6.54 Å². The van der Waals surface area contributed by atoms with E-state index < -0.39 is 6.36 Å². The molecule has 0 unspecified atom stereocenters. The van der Waals surface area contributed by atoms with Gasteiger partial charge in [0.2, 0.25) is 0 Å². The first-order chi connectivity index (χ1) is 10.5. The Morgan fingerprint density at radius 2 is 1.70 bits per heavy atom. The summed E-state index contributed by atoms with van der Waals surface area (Å²) in [4.78, 5) is 2.31. The van der Waals surface area contributed by atoms with Crippen LogP contribution < -0.4 is 4.74 Å². The second-order valence-corrected chi connectivity index (χ2v) is 7.62. The van der Waals surface area contributed by atoms with Crippen LogP contribution in [0.2, 0.25) is 0 Å². The van der Waals surface area contributed by atoms with E-state index in [0.29, 0.717) is 17.9 Å². The minimum atomic E-state index is -4.64. The number of halogens is 3. The molecule has 0 radical (unpaired) electrons. The van der Waals surface area contributed by atoms with Crippen LogP contribution in [0.15, 0.2) is 18.2 Å². The normalized spacial score (nSPS) is 18.2. The largest absolute Gasteiger partial charge is 0.573 e. The zero-order chi connectivity index (χ0) is 17.3. The summed E-state index contributed by atoms with van der Waals surface area (Å²) < 4.78 is 41.2. The molecule has 0 N–H and O–H groups in total. The van der Waals surface area contributed by atoms with Gasteiger partial charge < -0.3 is 4.74 Å². The highest BCUT2D eigenvalue weighted by Crippen LogP contribution is 2.34. The summed E-state index contributed by atoms with van der Waals surface area (Å²) in [6, 6.07) is 4.85. The van der Waals surface area contributed by atoms with E-state index in [9.17, 15) is 13.2 Å². The molecular formula is C18H26F3NO. The number of likely N-dealkylation sites (tertiary alicyclic amines) is 1. The maximum atomic E-state index is 12.4. The highest BCUT2D eigenvalue weighted by molar-refractivity contribution is 5.34. The molecule has 1 aliphatic rings. The van der Waals surface area contributed by atoms with Gasteiger partial charge in [0.05, 0.1) is 0 Å². The first-order valence-electron chi connectivity index (χ1n) is 8.11. The standard InChI is InChI=1S/C18H26F3NO/c1-13-9-14(11-16(10-13)23-18(19,20)21)12-22-7-5-15(6-8-22)17(2,3)4/h9-11,15H,5-8,12H2,1-4H3. The molecule has 1 aromatic rings. The summed E-state index contributed by atoms with van der Waals surface area (Å²) in [5.74, 6) is 0.581. The van der Waals surface area contributed by atoms with Gasteiger partial charge in [0.1, 0.15) is 5.75 Å². The predicted molar refractivity (Wildman–Crippen MR) is 85.3 cm³/mol. The maximum Gasteiger partial charge on any atom is 0.573 e. The van der Waals surface area contributed by atoms with Gasteiger partial charge in [0.15, 0.2) is 0 Å². The Morgan fingerprint density at radius 1 is 1.09 bits per heavy atom. The van der Waals surface area contributed by atoms with Crippen molar-refractivity contribution in [2.24, 2.45) is 11.3 Å². The molecule has 0 aliphatic carbocycles. The Hall–Kier alpha value is -1.23. The number of ether oxygens (including phenoxy) is 1. The fraction of sp³-hybridized carbons (Fsp3) is 0.667. The highest BCUT2D eigenvalue weighted by Gasteiger charge is 2.31. The van der Waals surface area contributed by atoms with E-state index in [2.05, 4.69) is 30.4 Å². The van der Waals surface area contributed by atoms with Gasteiger partial charge in [-0.2, -0.15) is 0 Å². The monoisotopic (exact) mass is 329 g/mol. The van der Waals surface area contributed by atoms with Crippen molar-refractivity contribution in [1.82, 2.24) is 4.90 Å². The van der Waals surface area contributed by atoms with Crippen molar-refractivity contribution in [2.45, 2.75) is 53.4 Å². The smallest absolute Gasteiger partial charge is 0.406 e. The number of nitrogens with zero attached hydrogens (tertiary/aromatic N) is 1. The lowest BCUT2D eigenvalue weighted by molar-refractivity contribution is -0.274. The maximum absolute atomic E-state index is 12.4. The average molecular weight is 329 g/mol. The number of benzene rings is 1. The first-order valence-corrected chi connectivity index (χ1v) is 8.11. The molecule has 0 amide bonds. The van der Waals surface area contributed by atoms with Crippen LogP contribution in [0.5, 0.6) is 5.75 Å². The topological polar surface area (TPSA) is 12.5 Å². The van der Waals surface area contributed by atoms with Gasteiger partial charge in [-0.15, -0.1) is 13.2 Å². The molecule has 1 heterocycles. The minimum Gasteiger partial charge on any atom is -0.406 e. The molecule has 1 saturated heterocycles. The summed E-state index contributed by atoms with van der Waals surface area (Å²) >= 11 is 0. The molecule has 0 atom stereocenters. The van der Waals surface area contributed by atoms with Crippen LogP contribution >= 0.6 is 0 Å². The fourth-order valence-corrected chi connectivity index (χ4v) is 3.32. The number of alkyl halides is 3. The lowest BCUT2D eigenvalue weighted by Crippen LogP contribution is -2.37. The van der Waals surface area contributed by atoms with Crippen LogP contribution in [0.3, 0.4) is 0 Å². The molecule has 0 bridgehead atoms. The van der Waals surface area contributed by atoms with Crippen LogP contribution in [0, 0.1) is 18.3 Å². The van der Waals surface area contributed by atoms with E-state index in [1.54, 1.807) is 6.92 Å². The number of hydrogen-bond acceptors (Lipinski definition) is 2. The molecule has 1 aromatic carbocycles. The van der Waals surface area contributed by atoms with E-state index in [1.807, 2.05) is 6.07 Å². The Balaban J connectivity index is 1.98. The lowest BCUT2D eigenvalue weighted by atomic mass is 9.75. The minimum absolute atomic E-state index is 0.128. The van der Waals surface area contributed by atoms with Crippen molar-refractivity contribution in [3.05, 3.63) is 29.3 Å². The van der Waals surface area contributed by atoms with E-state index in [1.165, 1.54) is 12.1 Å². The highest BCUT2D eigenvalue weighted by atomic mass is 19.4. The Morgan fingerprint density at radius 3 is 2.22 bits per heavy atom. The quantitative estimate of drug-likeness (QED) is 0.760. The molecular weight excluding hydrogens is 303 g/mol. The third kappa shape index (κ3) is 5.72. The SMILES string of the molecule is Cc1cc(CN2CCC(C(C)(C)C)CC2)cc(OC(F)(F)F)c1. The van der Waals surface area contributed by atoms with Crippen LogP contribution in [-0.4, -0.2) is 24.4 Å². The Labute approximate surface area is 136 Å². The molecule has 1 aliphatic heterocycles. The number of piperidine rings is 1. The zero-order valence-electron chi connectivity index (χ0n) is 14.3. The van der Waals surface area contributed by atoms with Crippen molar-refractivity contribution >= 4 is 0 Å². The fourth-order valence-electron chi connectivity index (χ4n) is 3.32. The first kappa shape index (κ1) is 18.1. The molecule has 23 heavy (non-hydrogen) atoms. The van der Waals surface area contributed by atoms with Crippen molar-refractivity contribution in [3.63, 3.8) is 0 Å². The molecule has 1 fully saturated rings. The van der Waals surface area contributed by atoms with Gasteiger partial charge in [-0.05, 0) is 67.4 Å². The van der Waals surface area contributed by atoms with Gasteiger partial charge in [-0.25, -0.2) is 0 Å². The van der Waals surface area contributed by atoms with Crippen LogP contribution in [0.4, 0.5) is 13.2 Å². The summed E-state index contributed by atoms with van der Waals surface area (Å²) in [6.45, 7) is 11.3. The van der Waals surface area contributed by atoms with Gasteiger partial charge in [-0.3, -0.25) is 4.90 Å². The van der Waals surface area contributed by atoms with Crippen molar-refractivity contribution in [2.75, 3.05) is 13.1 Å². The molecule has 0 aromatic heterocycles. The Kier molecular flexibility index (Phi) is 5.29. The summed E-state index contributed by atoms with van der Waals surface area (Å²) in [5.41, 5.74) is 1.98. The summed E-state index contributed by atoms with van der Waals surface area (Å²) in [7, 11) is 0. The van der Waals surface area contributed by atoms with Crippen LogP contribution in [0.1, 0.15) is 44.7 Å². The van der Waals surface area contributed by atoms with Crippen molar-refractivity contribution < 1.29 is 17.9 Å². The third-order valence-corrected chi connectivity index (χ3v) is 4.56. The van der Waals surface area contributed by atoms with E-state index in [4.69, 9.17) is 0 Å². The predicted octanol–water partition coefficient (Wildman–Crippen LogP) is 5.15. The van der Waals surface area contributed by atoms with E-state index in [-0.39, 0.29) is 5.75 Å². The van der Waals surface area contributed by atoms with Gasteiger partial charge in [0, 0.05) is 6.54 Å². The number of aryl methyl sites for hydroxylation is 1. The summed E-state index contributed by atoms with van der Waals surface area (Å²) in [5, 5.41) is 0. The molecule has 5 heteroatoms. The number of rotatable bonds is 3. The van der Waals surface area contributed by atoms with Crippen molar-refractivity contribution in [1.29, 1.82) is 0 Å². The third-order valence-electron chi connectivity index (χ3n) is 4.56. The van der Waals surface area contributed by atoms with Crippen molar-refractivity contribution in [3.8, 4) is 5.75 Å². The number of hydrogen-bond donors (Lipinski definition) is 0. The average Bonchev–Trinajstić information content (AvgIpc) is 2.35. The van der Waals surface area contributed by atoms with Crippen LogP contribution in [0.25, 0.3) is 0 Å². The van der Waals surface area contributed by atoms with Gasteiger partial charge >= 0.3 is 6.36 Å². The van der Waals surface area contributed by atoms with Gasteiger partial charge in [0.25, 0.3) is 0 Å². The zero-order valence-corrected chi connectivity index (χ0v) is 14.3. The molecule has 0 saturated carbocycles. The Bertz CT molecular complexity index is 526. The molecule has 130 valence electrons. The van der Waals surface area contributed by atoms with E-state index in [0.717, 1.165) is 37.1 Å². The summed E-state index contributed by atoms with van der Waals surface area (Å²) in [6.07, 6.45) is -2.36. The molecule has 0 spiro atoms. The lowest BCUT2D eigenvalue weighted by Gasteiger charge is -2.38. The molecule has 2 nitrogen and oxygen atoms in total. The second kappa shape index (κ2) is 6.71. The van der Waals surface area contributed by atoms with Gasteiger partial charge in [-0.1, -0.05) is 26.8 Å².